The molecule has 0 radical (unpaired) electrons. The van der Waals surface area contributed by atoms with Gasteiger partial charge in [0.1, 0.15) is 5.82 Å². The van der Waals surface area contributed by atoms with Crippen molar-refractivity contribution in [2.45, 2.75) is 26.3 Å². The van der Waals surface area contributed by atoms with Crippen LogP contribution in [0.1, 0.15) is 18.9 Å². The van der Waals surface area contributed by atoms with E-state index in [1.165, 1.54) is 6.07 Å². The standard InChI is InChI=1S/C14H18FN3/c1-2-9-18-10-8-17-14(18)16-7-6-12-4-3-5-13(15)11-12/h3-5,8,10-11H,2,6-7,9H2,1H3,(H,16,17). The third-order valence-electron chi connectivity index (χ3n) is 2.77. The second-order valence-electron chi connectivity index (χ2n) is 4.25. The van der Waals surface area contributed by atoms with Crippen molar-refractivity contribution in [1.82, 2.24) is 9.55 Å². The lowest BCUT2D eigenvalue weighted by molar-refractivity contribution is 0.625. The van der Waals surface area contributed by atoms with Crippen LogP contribution in [0.2, 0.25) is 0 Å². The molecule has 0 fully saturated rings. The number of hydrogen-bond donors (Lipinski definition) is 1. The molecule has 18 heavy (non-hydrogen) atoms. The number of anilines is 1. The molecule has 1 aromatic carbocycles. The molecule has 0 spiro atoms. The molecule has 2 aromatic rings. The molecule has 1 aromatic heterocycles. The Hall–Kier alpha value is -1.84. The number of nitrogens with one attached hydrogen (secondary N) is 1. The zero-order valence-corrected chi connectivity index (χ0v) is 10.6. The van der Waals surface area contributed by atoms with E-state index in [1.54, 1.807) is 18.3 Å². The van der Waals surface area contributed by atoms with Crippen molar-refractivity contribution in [3.63, 3.8) is 0 Å². The predicted octanol–water partition coefficient (Wildman–Crippen LogP) is 3.09. The maximum Gasteiger partial charge on any atom is 0.202 e. The van der Waals surface area contributed by atoms with E-state index in [0.29, 0.717) is 0 Å². The van der Waals surface area contributed by atoms with Crippen molar-refractivity contribution in [2.24, 2.45) is 0 Å². The van der Waals surface area contributed by atoms with Gasteiger partial charge in [-0.2, -0.15) is 0 Å². The molecular weight excluding hydrogens is 229 g/mol. The van der Waals surface area contributed by atoms with Gasteiger partial charge in [-0.05, 0) is 30.5 Å². The molecule has 0 saturated heterocycles. The number of halogens is 1. The van der Waals surface area contributed by atoms with E-state index in [1.807, 2.05) is 12.3 Å². The van der Waals surface area contributed by atoms with Crippen LogP contribution >= 0.6 is 0 Å². The summed E-state index contributed by atoms with van der Waals surface area (Å²) in [6.45, 7) is 3.85. The van der Waals surface area contributed by atoms with E-state index in [2.05, 4.69) is 21.8 Å². The van der Waals surface area contributed by atoms with E-state index in [4.69, 9.17) is 0 Å². The highest BCUT2D eigenvalue weighted by Gasteiger charge is 2.01. The number of hydrogen-bond acceptors (Lipinski definition) is 2. The van der Waals surface area contributed by atoms with Crippen molar-refractivity contribution in [1.29, 1.82) is 0 Å². The van der Waals surface area contributed by atoms with Crippen LogP contribution in [-0.4, -0.2) is 16.1 Å². The smallest absolute Gasteiger partial charge is 0.202 e. The van der Waals surface area contributed by atoms with Crippen LogP contribution in [0.25, 0.3) is 0 Å². The van der Waals surface area contributed by atoms with E-state index < -0.39 is 0 Å². The third-order valence-corrected chi connectivity index (χ3v) is 2.77. The lowest BCUT2D eigenvalue weighted by atomic mass is 10.1. The molecule has 0 amide bonds. The highest BCUT2D eigenvalue weighted by Crippen LogP contribution is 2.07. The highest BCUT2D eigenvalue weighted by molar-refractivity contribution is 5.27. The Morgan fingerprint density at radius 2 is 2.28 bits per heavy atom. The van der Waals surface area contributed by atoms with Gasteiger partial charge in [-0.3, -0.25) is 0 Å². The van der Waals surface area contributed by atoms with Crippen LogP contribution in [-0.2, 0) is 13.0 Å². The Bertz CT molecular complexity index is 493. The minimum atomic E-state index is -0.181. The number of rotatable bonds is 6. The Morgan fingerprint density at radius 1 is 1.39 bits per heavy atom. The van der Waals surface area contributed by atoms with Gasteiger partial charge in [-0.25, -0.2) is 9.37 Å². The largest absolute Gasteiger partial charge is 0.355 e. The lowest BCUT2D eigenvalue weighted by Gasteiger charge is -2.08. The molecule has 4 heteroatoms. The number of nitrogens with zero attached hydrogens (tertiary/aromatic N) is 2. The maximum absolute atomic E-state index is 13.0. The van der Waals surface area contributed by atoms with E-state index >= 15 is 0 Å². The quantitative estimate of drug-likeness (QED) is 0.850. The van der Waals surface area contributed by atoms with Gasteiger partial charge in [0.2, 0.25) is 5.95 Å². The summed E-state index contributed by atoms with van der Waals surface area (Å²) in [6.07, 6.45) is 5.62. The van der Waals surface area contributed by atoms with Crippen LogP contribution in [0.4, 0.5) is 10.3 Å². The van der Waals surface area contributed by atoms with Crippen molar-refractivity contribution in [3.05, 3.63) is 48.0 Å². The van der Waals surface area contributed by atoms with Gasteiger partial charge in [0.25, 0.3) is 0 Å². The maximum atomic E-state index is 13.0. The Morgan fingerprint density at radius 3 is 3.06 bits per heavy atom. The summed E-state index contributed by atoms with van der Waals surface area (Å²) in [5.41, 5.74) is 0.996. The van der Waals surface area contributed by atoms with Gasteiger partial charge in [0, 0.05) is 25.5 Å². The predicted molar refractivity (Wildman–Crippen MR) is 71.1 cm³/mol. The molecular formula is C14H18FN3. The van der Waals surface area contributed by atoms with Crippen LogP contribution in [0.5, 0.6) is 0 Å². The second-order valence-corrected chi connectivity index (χ2v) is 4.25. The van der Waals surface area contributed by atoms with Crippen molar-refractivity contribution in [3.8, 4) is 0 Å². The first kappa shape index (κ1) is 12.6. The Labute approximate surface area is 107 Å². The fourth-order valence-corrected chi connectivity index (χ4v) is 1.91. The van der Waals surface area contributed by atoms with Gasteiger partial charge < -0.3 is 9.88 Å². The third kappa shape index (κ3) is 3.32. The molecule has 2 rings (SSSR count). The summed E-state index contributed by atoms with van der Waals surface area (Å²) in [6, 6.07) is 6.71. The number of benzene rings is 1. The zero-order chi connectivity index (χ0) is 12.8. The summed E-state index contributed by atoms with van der Waals surface area (Å²) in [5, 5.41) is 3.28. The van der Waals surface area contributed by atoms with E-state index in [-0.39, 0.29) is 5.82 Å². The van der Waals surface area contributed by atoms with Gasteiger partial charge in [0.15, 0.2) is 0 Å². The zero-order valence-electron chi connectivity index (χ0n) is 10.6. The van der Waals surface area contributed by atoms with Gasteiger partial charge in [-0.1, -0.05) is 19.1 Å². The molecule has 0 bridgehead atoms. The molecule has 0 saturated carbocycles. The molecule has 96 valence electrons. The van der Waals surface area contributed by atoms with Gasteiger partial charge in [0.05, 0.1) is 0 Å². The number of imidazole rings is 1. The molecule has 3 nitrogen and oxygen atoms in total. The van der Waals surface area contributed by atoms with Gasteiger partial charge in [-0.15, -0.1) is 0 Å². The van der Waals surface area contributed by atoms with Crippen LogP contribution in [0, 0.1) is 5.82 Å². The molecule has 0 aliphatic heterocycles. The average molecular weight is 247 g/mol. The molecule has 1 N–H and O–H groups in total. The lowest BCUT2D eigenvalue weighted by Crippen LogP contribution is -2.10. The Balaban J connectivity index is 1.86. The van der Waals surface area contributed by atoms with Crippen molar-refractivity contribution >= 4 is 5.95 Å². The van der Waals surface area contributed by atoms with E-state index in [9.17, 15) is 4.39 Å². The summed E-state index contributed by atoms with van der Waals surface area (Å²) in [4.78, 5) is 4.26. The molecule has 1 heterocycles. The fourth-order valence-electron chi connectivity index (χ4n) is 1.91. The fraction of sp³-hybridized carbons (Fsp3) is 0.357. The summed E-state index contributed by atoms with van der Waals surface area (Å²) >= 11 is 0. The van der Waals surface area contributed by atoms with Crippen molar-refractivity contribution < 1.29 is 4.39 Å². The summed E-state index contributed by atoms with van der Waals surface area (Å²) in [5.74, 6) is 0.702. The summed E-state index contributed by atoms with van der Waals surface area (Å²) < 4.78 is 15.1. The number of aryl methyl sites for hydroxylation is 1. The number of aromatic nitrogens is 2. The van der Waals surface area contributed by atoms with Crippen LogP contribution < -0.4 is 5.32 Å². The molecule has 0 aliphatic carbocycles. The van der Waals surface area contributed by atoms with Crippen molar-refractivity contribution in [2.75, 3.05) is 11.9 Å². The molecule has 0 unspecified atom stereocenters. The first-order valence-corrected chi connectivity index (χ1v) is 6.29. The van der Waals surface area contributed by atoms with Gasteiger partial charge >= 0.3 is 0 Å². The average Bonchev–Trinajstić information content (AvgIpc) is 2.78. The van der Waals surface area contributed by atoms with Crippen LogP contribution in [0.3, 0.4) is 0 Å². The normalized spacial score (nSPS) is 10.6. The topological polar surface area (TPSA) is 29.9 Å². The first-order chi connectivity index (χ1) is 8.79. The van der Waals surface area contributed by atoms with E-state index in [0.717, 1.165) is 37.4 Å². The minimum Gasteiger partial charge on any atom is -0.355 e. The van der Waals surface area contributed by atoms with Crippen LogP contribution in [0.15, 0.2) is 36.7 Å². The first-order valence-electron chi connectivity index (χ1n) is 6.29. The molecule has 0 aliphatic rings. The molecule has 0 atom stereocenters. The highest BCUT2D eigenvalue weighted by atomic mass is 19.1. The monoisotopic (exact) mass is 247 g/mol. The minimum absolute atomic E-state index is 0.181. The summed E-state index contributed by atoms with van der Waals surface area (Å²) in [7, 11) is 0. The second kappa shape index (κ2) is 6.19. The SMILES string of the molecule is CCCn1ccnc1NCCc1cccc(F)c1. The Kier molecular flexibility index (Phi) is 4.34.